The van der Waals surface area contributed by atoms with Crippen molar-refractivity contribution in [2.45, 2.75) is 349 Å². The van der Waals surface area contributed by atoms with E-state index in [9.17, 15) is 61.0 Å². The van der Waals surface area contributed by atoms with E-state index in [1.165, 1.54) is 173 Å². The number of unbranched alkanes of at least 4 members (excludes halogenated alkanes) is 32. The summed E-state index contributed by atoms with van der Waals surface area (Å²) in [5.41, 5.74) is 0. The lowest BCUT2D eigenvalue weighted by Gasteiger charge is -2.48. The number of rotatable bonds is 50. The summed E-state index contributed by atoms with van der Waals surface area (Å²) in [6, 6.07) is -0.971. The molecule has 3 aliphatic heterocycles. The van der Waals surface area contributed by atoms with Gasteiger partial charge in [0.2, 0.25) is 5.91 Å². The first kappa shape index (κ1) is 75.5. The van der Waals surface area contributed by atoms with E-state index in [0.717, 1.165) is 44.9 Å². The maximum atomic E-state index is 13.4. The van der Waals surface area contributed by atoms with Gasteiger partial charge >= 0.3 is 0 Å². The lowest BCUT2D eigenvalue weighted by atomic mass is 9.96. The average molecular weight is 1190 g/mol. The molecular formula is C64H119NO18. The number of aliphatic hydroxyl groups excluding tert-OH is 11. The Bertz CT molecular complexity index is 1610. The van der Waals surface area contributed by atoms with Crippen LogP contribution in [0.25, 0.3) is 0 Å². The van der Waals surface area contributed by atoms with E-state index in [0.29, 0.717) is 6.42 Å². The van der Waals surface area contributed by atoms with Crippen molar-refractivity contribution in [1.29, 1.82) is 0 Å². The molecular weight excluding hydrogens is 1070 g/mol. The third kappa shape index (κ3) is 30.4. The normalized spacial score (nSPS) is 29.5. The van der Waals surface area contributed by atoms with E-state index >= 15 is 0 Å². The van der Waals surface area contributed by atoms with Crippen molar-refractivity contribution in [3.05, 3.63) is 24.3 Å². The maximum absolute atomic E-state index is 13.4. The summed E-state index contributed by atoms with van der Waals surface area (Å²) in [6.07, 6.45) is 24.4. The average Bonchev–Trinajstić information content (AvgIpc) is 3.18. The van der Waals surface area contributed by atoms with Crippen LogP contribution in [0.1, 0.15) is 245 Å². The standard InChI is InChI=1S/C64H119NO18/c1-3-5-7-9-11-13-15-17-19-20-21-22-23-24-25-26-28-30-32-34-36-38-40-42-52(70)65-47(48(69)41-39-37-35-33-31-29-27-18-16-14-12-10-8-6-4-2)46-78-62-58(76)55(73)60(50(44-67)80-62)83-64-59(77)56(74)61(51(45-68)81-64)82-63-57(75)54(72)53(71)49(43-66)79-63/h20-21,39,41,47-51,53-64,66-69,71-77H,3-19,22-38,40,42-46H2,1-2H3,(H,65,70)/b21-20-,41-39+. The second-order valence-electron chi connectivity index (χ2n) is 23.9. The number of allylic oxidation sites excluding steroid dienone is 3. The minimum absolute atomic E-state index is 0.245. The Morgan fingerprint density at radius 1 is 0.422 bits per heavy atom. The predicted octanol–water partition coefficient (Wildman–Crippen LogP) is 7.49. The Labute approximate surface area is 498 Å². The van der Waals surface area contributed by atoms with Crippen LogP contribution < -0.4 is 5.32 Å². The Morgan fingerprint density at radius 2 is 0.759 bits per heavy atom. The molecule has 1 amide bonds. The number of nitrogens with one attached hydrogen (secondary N) is 1. The van der Waals surface area contributed by atoms with Crippen molar-refractivity contribution < 1.29 is 89.4 Å². The number of carbonyl (C=O) groups excluding carboxylic acids is 1. The van der Waals surface area contributed by atoms with Crippen molar-refractivity contribution in [3.8, 4) is 0 Å². The first-order chi connectivity index (χ1) is 40.3. The zero-order chi connectivity index (χ0) is 60.5. The Kier molecular flexibility index (Phi) is 43.0. The second kappa shape index (κ2) is 47.3. The highest BCUT2D eigenvalue weighted by molar-refractivity contribution is 5.76. The number of ether oxygens (including phenoxy) is 6. The molecule has 0 saturated carbocycles. The third-order valence-corrected chi connectivity index (χ3v) is 16.7. The third-order valence-electron chi connectivity index (χ3n) is 16.7. The molecule has 488 valence electrons. The number of aliphatic hydroxyl groups is 11. The molecule has 0 aromatic heterocycles. The van der Waals surface area contributed by atoms with E-state index in [4.69, 9.17) is 28.4 Å². The topological polar surface area (TPSA) is 307 Å². The summed E-state index contributed by atoms with van der Waals surface area (Å²) in [7, 11) is 0. The fourth-order valence-electron chi connectivity index (χ4n) is 11.3. The number of hydrogen-bond donors (Lipinski definition) is 12. The van der Waals surface area contributed by atoms with Gasteiger partial charge in [-0.1, -0.05) is 218 Å². The molecule has 0 radical (unpaired) electrons. The van der Waals surface area contributed by atoms with E-state index in [2.05, 4.69) is 31.3 Å². The highest BCUT2D eigenvalue weighted by Gasteiger charge is 2.53. The largest absolute Gasteiger partial charge is 0.394 e. The molecule has 0 aromatic rings. The van der Waals surface area contributed by atoms with Crippen LogP contribution in [-0.2, 0) is 33.2 Å². The lowest BCUT2D eigenvalue weighted by molar-refractivity contribution is -0.379. The van der Waals surface area contributed by atoms with E-state index in [1.54, 1.807) is 6.08 Å². The van der Waals surface area contributed by atoms with E-state index < -0.39 is 124 Å². The number of amides is 1. The van der Waals surface area contributed by atoms with Gasteiger partial charge in [-0.15, -0.1) is 0 Å². The van der Waals surface area contributed by atoms with Crippen molar-refractivity contribution >= 4 is 5.91 Å². The van der Waals surface area contributed by atoms with Crippen molar-refractivity contribution in [2.24, 2.45) is 0 Å². The van der Waals surface area contributed by atoms with Crippen LogP contribution in [-0.4, -0.2) is 193 Å². The molecule has 0 aromatic carbocycles. The summed E-state index contributed by atoms with van der Waals surface area (Å²) in [4.78, 5) is 13.4. The maximum Gasteiger partial charge on any atom is 0.220 e. The molecule has 0 aliphatic carbocycles. The van der Waals surface area contributed by atoms with Crippen LogP contribution in [0.15, 0.2) is 24.3 Å². The predicted molar refractivity (Wildman–Crippen MR) is 319 cm³/mol. The smallest absolute Gasteiger partial charge is 0.220 e. The van der Waals surface area contributed by atoms with Crippen molar-refractivity contribution in [2.75, 3.05) is 26.4 Å². The van der Waals surface area contributed by atoms with Crippen LogP contribution >= 0.6 is 0 Å². The van der Waals surface area contributed by atoms with Gasteiger partial charge in [0.05, 0.1) is 38.6 Å². The van der Waals surface area contributed by atoms with Gasteiger partial charge in [0.15, 0.2) is 18.9 Å². The summed E-state index contributed by atoms with van der Waals surface area (Å²) in [5.74, 6) is -0.274. The molecule has 3 heterocycles. The Hall–Kier alpha value is -1.73. The second-order valence-corrected chi connectivity index (χ2v) is 23.9. The first-order valence-electron chi connectivity index (χ1n) is 33.1. The van der Waals surface area contributed by atoms with Crippen LogP contribution in [0, 0.1) is 0 Å². The molecule has 17 atom stereocenters. The first-order valence-corrected chi connectivity index (χ1v) is 33.1. The van der Waals surface area contributed by atoms with Gasteiger partial charge in [0, 0.05) is 6.42 Å². The van der Waals surface area contributed by atoms with Crippen molar-refractivity contribution in [1.82, 2.24) is 5.32 Å². The Balaban J connectivity index is 1.45. The minimum Gasteiger partial charge on any atom is -0.394 e. The molecule has 3 fully saturated rings. The van der Waals surface area contributed by atoms with Gasteiger partial charge in [-0.3, -0.25) is 4.79 Å². The highest BCUT2D eigenvalue weighted by Crippen LogP contribution is 2.33. The molecule has 0 spiro atoms. The number of hydrogen-bond acceptors (Lipinski definition) is 18. The molecule has 12 N–H and O–H groups in total. The SMILES string of the molecule is CCCCCCCCCC/C=C\CCCCCCCCCCCCCC(=O)NC(COC1OC(CO)C(OC2OC(CO)C(OC3OC(CO)C(O)C(O)C3O)C(O)C2O)C(O)C1O)C(O)/C=C/CCCCCCCCCCCCCCC. The zero-order valence-electron chi connectivity index (χ0n) is 51.2. The molecule has 3 aliphatic rings. The van der Waals surface area contributed by atoms with Crippen LogP contribution in [0.4, 0.5) is 0 Å². The molecule has 19 heteroatoms. The molecule has 0 bridgehead atoms. The monoisotopic (exact) mass is 1190 g/mol. The van der Waals surface area contributed by atoms with Gasteiger partial charge in [-0.05, 0) is 44.9 Å². The highest BCUT2D eigenvalue weighted by atomic mass is 16.8. The van der Waals surface area contributed by atoms with E-state index in [1.807, 2.05) is 6.08 Å². The zero-order valence-corrected chi connectivity index (χ0v) is 51.2. The molecule has 3 saturated heterocycles. The van der Waals surface area contributed by atoms with E-state index in [-0.39, 0.29) is 18.9 Å². The summed E-state index contributed by atoms with van der Waals surface area (Å²) >= 11 is 0. The number of carbonyl (C=O) groups is 1. The minimum atomic E-state index is -1.98. The van der Waals surface area contributed by atoms with Gasteiger partial charge in [-0.2, -0.15) is 0 Å². The lowest BCUT2D eigenvalue weighted by Crippen LogP contribution is -2.66. The van der Waals surface area contributed by atoms with Gasteiger partial charge < -0.3 is 89.9 Å². The summed E-state index contributed by atoms with van der Waals surface area (Å²) in [5, 5.41) is 120. The van der Waals surface area contributed by atoms with Gasteiger partial charge in [0.1, 0.15) is 73.2 Å². The molecule has 19 nitrogen and oxygen atoms in total. The quantitative estimate of drug-likeness (QED) is 0.0207. The van der Waals surface area contributed by atoms with Gasteiger partial charge in [0.25, 0.3) is 0 Å². The fourth-order valence-corrected chi connectivity index (χ4v) is 11.3. The molecule has 83 heavy (non-hydrogen) atoms. The van der Waals surface area contributed by atoms with Crippen LogP contribution in [0.2, 0.25) is 0 Å². The fraction of sp³-hybridized carbons (Fsp3) is 0.922. The summed E-state index contributed by atoms with van der Waals surface area (Å²) in [6.45, 7) is 1.74. The summed E-state index contributed by atoms with van der Waals surface area (Å²) < 4.78 is 34.3. The van der Waals surface area contributed by atoms with Crippen LogP contribution in [0.5, 0.6) is 0 Å². The molecule has 17 unspecified atom stereocenters. The van der Waals surface area contributed by atoms with Crippen LogP contribution in [0.3, 0.4) is 0 Å². The van der Waals surface area contributed by atoms with Crippen molar-refractivity contribution in [3.63, 3.8) is 0 Å². The molecule has 3 rings (SSSR count). The Morgan fingerprint density at radius 3 is 1.17 bits per heavy atom. The van der Waals surface area contributed by atoms with Gasteiger partial charge in [-0.25, -0.2) is 0 Å².